The lowest BCUT2D eigenvalue weighted by Gasteiger charge is -2.15. The van der Waals surface area contributed by atoms with Crippen molar-refractivity contribution in [3.05, 3.63) is 72.3 Å². The number of aryl methyl sites for hydroxylation is 2. The Bertz CT molecular complexity index is 1090. The molecule has 0 unspecified atom stereocenters. The molecule has 0 aliphatic heterocycles. The van der Waals surface area contributed by atoms with Crippen molar-refractivity contribution in [1.29, 1.82) is 0 Å². The number of sulfonamides is 1. The van der Waals surface area contributed by atoms with Crippen LogP contribution in [0.3, 0.4) is 0 Å². The molecule has 0 spiro atoms. The lowest BCUT2D eigenvalue weighted by atomic mass is 10.2. The van der Waals surface area contributed by atoms with Crippen molar-refractivity contribution in [2.24, 2.45) is 0 Å². The summed E-state index contributed by atoms with van der Waals surface area (Å²) in [7, 11) is -2.68. The lowest BCUT2D eigenvalue weighted by molar-refractivity contribution is 0.0600. The summed E-state index contributed by atoms with van der Waals surface area (Å²) in [5.41, 5.74) is 2.03. The number of carbonyl (C=O) groups excluding carboxylic acids is 1. The number of ether oxygens (including phenoxy) is 1. The number of hydrogen-bond donors (Lipinski definition) is 2. The SMILES string of the molecule is COC(=O)c1ccc(NCCCn2ccnc2)c(S(=O)(=O)Nc2ccc(C)cc2)c1. The molecule has 0 fully saturated rings. The summed E-state index contributed by atoms with van der Waals surface area (Å²) in [6, 6.07) is 11.4. The van der Waals surface area contributed by atoms with Crippen LogP contribution >= 0.6 is 0 Å². The van der Waals surface area contributed by atoms with Crippen LogP contribution < -0.4 is 10.0 Å². The van der Waals surface area contributed by atoms with Gasteiger partial charge in [0, 0.05) is 31.2 Å². The third kappa shape index (κ3) is 5.38. The van der Waals surface area contributed by atoms with Crippen molar-refractivity contribution in [2.45, 2.75) is 24.8 Å². The number of methoxy groups -OCH3 is 1. The molecule has 0 amide bonds. The Kier molecular flexibility index (Phi) is 6.73. The van der Waals surface area contributed by atoms with E-state index in [0.29, 0.717) is 17.9 Å². The van der Waals surface area contributed by atoms with Crippen LogP contribution in [-0.2, 0) is 21.3 Å². The zero-order valence-electron chi connectivity index (χ0n) is 16.8. The maximum absolute atomic E-state index is 13.1. The van der Waals surface area contributed by atoms with Gasteiger partial charge in [0.05, 0.1) is 24.7 Å². The highest BCUT2D eigenvalue weighted by Gasteiger charge is 2.21. The van der Waals surface area contributed by atoms with E-state index in [2.05, 4.69) is 15.0 Å². The molecular weight excluding hydrogens is 404 g/mol. The first-order chi connectivity index (χ1) is 14.4. The summed E-state index contributed by atoms with van der Waals surface area (Å²) < 4.78 is 35.4. The van der Waals surface area contributed by atoms with Gasteiger partial charge in [-0.1, -0.05) is 17.7 Å². The summed E-state index contributed by atoms with van der Waals surface area (Å²) >= 11 is 0. The summed E-state index contributed by atoms with van der Waals surface area (Å²) in [5.74, 6) is -0.603. The molecule has 0 aliphatic carbocycles. The molecule has 0 bridgehead atoms. The van der Waals surface area contributed by atoms with Gasteiger partial charge in [-0.2, -0.15) is 0 Å². The fraction of sp³-hybridized carbons (Fsp3) is 0.238. The van der Waals surface area contributed by atoms with Crippen molar-refractivity contribution in [3.8, 4) is 0 Å². The van der Waals surface area contributed by atoms with Crippen LogP contribution in [0.5, 0.6) is 0 Å². The number of rotatable bonds is 9. The number of carbonyl (C=O) groups is 1. The van der Waals surface area contributed by atoms with Gasteiger partial charge in [-0.05, 0) is 43.7 Å². The summed E-state index contributed by atoms with van der Waals surface area (Å²) in [6.45, 7) is 3.21. The van der Waals surface area contributed by atoms with Crippen molar-refractivity contribution in [1.82, 2.24) is 9.55 Å². The van der Waals surface area contributed by atoms with Crippen LogP contribution in [0.15, 0.2) is 66.1 Å². The highest BCUT2D eigenvalue weighted by Crippen LogP contribution is 2.26. The first-order valence-electron chi connectivity index (χ1n) is 9.40. The van der Waals surface area contributed by atoms with Gasteiger partial charge in [0.25, 0.3) is 10.0 Å². The zero-order valence-corrected chi connectivity index (χ0v) is 17.6. The minimum Gasteiger partial charge on any atom is -0.465 e. The van der Waals surface area contributed by atoms with E-state index in [1.54, 1.807) is 30.7 Å². The predicted octanol–water partition coefficient (Wildman–Crippen LogP) is 3.28. The van der Waals surface area contributed by atoms with Gasteiger partial charge >= 0.3 is 5.97 Å². The van der Waals surface area contributed by atoms with E-state index in [1.807, 2.05) is 29.8 Å². The molecular formula is C21H24N4O4S. The van der Waals surface area contributed by atoms with E-state index in [-0.39, 0.29) is 10.5 Å². The second kappa shape index (κ2) is 9.45. The van der Waals surface area contributed by atoms with Crippen molar-refractivity contribution < 1.29 is 17.9 Å². The van der Waals surface area contributed by atoms with Crippen LogP contribution in [0.2, 0.25) is 0 Å². The molecule has 3 rings (SSSR count). The zero-order chi connectivity index (χ0) is 21.6. The number of benzene rings is 2. The molecule has 2 aromatic carbocycles. The van der Waals surface area contributed by atoms with Gasteiger partial charge in [0.15, 0.2) is 0 Å². The number of esters is 1. The average Bonchev–Trinajstić information content (AvgIpc) is 3.25. The average molecular weight is 429 g/mol. The molecule has 0 aliphatic rings. The number of aromatic nitrogens is 2. The molecule has 0 radical (unpaired) electrons. The smallest absolute Gasteiger partial charge is 0.337 e. The standard InChI is InChI=1S/C21H24N4O4S/c1-16-4-7-18(8-5-16)24-30(27,28)20-14-17(21(26)29-2)6-9-19(20)23-10-3-12-25-13-11-22-15-25/h4-9,11,13-15,23-24H,3,10,12H2,1-2H3. The second-order valence-electron chi connectivity index (χ2n) is 6.75. The minimum atomic E-state index is -3.94. The fourth-order valence-electron chi connectivity index (χ4n) is 2.87. The maximum atomic E-state index is 13.1. The lowest BCUT2D eigenvalue weighted by Crippen LogP contribution is -2.17. The highest BCUT2D eigenvalue weighted by molar-refractivity contribution is 7.92. The molecule has 0 saturated carbocycles. The first-order valence-corrected chi connectivity index (χ1v) is 10.9. The van der Waals surface area contributed by atoms with Crippen molar-refractivity contribution in [3.63, 3.8) is 0 Å². The van der Waals surface area contributed by atoms with Crippen LogP contribution in [0.25, 0.3) is 0 Å². The topological polar surface area (TPSA) is 102 Å². The van der Waals surface area contributed by atoms with Crippen molar-refractivity contribution >= 4 is 27.4 Å². The van der Waals surface area contributed by atoms with Crippen LogP contribution in [0, 0.1) is 6.92 Å². The molecule has 1 heterocycles. The van der Waals surface area contributed by atoms with Crippen molar-refractivity contribution in [2.75, 3.05) is 23.7 Å². The fourth-order valence-corrected chi connectivity index (χ4v) is 4.14. The van der Waals surface area contributed by atoms with Crippen LogP contribution in [0.4, 0.5) is 11.4 Å². The van der Waals surface area contributed by atoms with E-state index in [9.17, 15) is 13.2 Å². The molecule has 158 valence electrons. The monoisotopic (exact) mass is 428 g/mol. The van der Waals surface area contributed by atoms with E-state index in [0.717, 1.165) is 18.5 Å². The third-order valence-corrected chi connectivity index (χ3v) is 5.88. The van der Waals surface area contributed by atoms with Gasteiger partial charge in [-0.25, -0.2) is 18.2 Å². The Hall–Kier alpha value is -3.33. The van der Waals surface area contributed by atoms with E-state index < -0.39 is 16.0 Å². The number of nitrogens with one attached hydrogen (secondary N) is 2. The Balaban J connectivity index is 1.82. The largest absolute Gasteiger partial charge is 0.465 e. The Morgan fingerprint density at radius 3 is 2.60 bits per heavy atom. The number of hydrogen-bond acceptors (Lipinski definition) is 6. The molecule has 9 heteroatoms. The summed E-state index contributed by atoms with van der Waals surface area (Å²) in [4.78, 5) is 15.9. The Morgan fingerprint density at radius 1 is 1.17 bits per heavy atom. The molecule has 8 nitrogen and oxygen atoms in total. The van der Waals surface area contributed by atoms with Gasteiger partial charge in [-0.3, -0.25) is 4.72 Å². The first kappa shape index (κ1) is 21.4. The summed E-state index contributed by atoms with van der Waals surface area (Å²) in [5, 5.41) is 3.16. The molecule has 1 aromatic heterocycles. The highest BCUT2D eigenvalue weighted by atomic mass is 32.2. The number of nitrogens with zero attached hydrogens (tertiary/aromatic N) is 2. The Labute approximate surface area is 176 Å². The minimum absolute atomic E-state index is 0.0198. The number of imidazole rings is 1. The summed E-state index contributed by atoms with van der Waals surface area (Å²) in [6.07, 6.45) is 6.07. The quantitative estimate of drug-likeness (QED) is 0.401. The van der Waals surface area contributed by atoms with Gasteiger partial charge in [-0.15, -0.1) is 0 Å². The third-order valence-electron chi connectivity index (χ3n) is 4.46. The van der Waals surface area contributed by atoms with Gasteiger partial charge in [0.1, 0.15) is 4.90 Å². The second-order valence-corrected chi connectivity index (χ2v) is 8.41. The molecule has 30 heavy (non-hydrogen) atoms. The van der Waals surface area contributed by atoms with Crippen LogP contribution in [-0.4, -0.2) is 37.6 Å². The van der Waals surface area contributed by atoms with E-state index in [1.165, 1.54) is 19.2 Å². The van der Waals surface area contributed by atoms with Crippen LogP contribution in [0.1, 0.15) is 22.3 Å². The maximum Gasteiger partial charge on any atom is 0.337 e. The molecule has 2 N–H and O–H groups in total. The predicted molar refractivity (Wildman–Crippen MR) is 115 cm³/mol. The van der Waals surface area contributed by atoms with E-state index >= 15 is 0 Å². The molecule has 3 aromatic rings. The van der Waals surface area contributed by atoms with Gasteiger partial charge in [0.2, 0.25) is 0 Å². The van der Waals surface area contributed by atoms with Gasteiger partial charge < -0.3 is 14.6 Å². The normalized spacial score (nSPS) is 11.1. The molecule has 0 saturated heterocycles. The Morgan fingerprint density at radius 2 is 1.93 bits per heavy atom. The molecule has 0 atom stereocenters. The number of anilines is 2. The van der Waals surface area contributed by atoms with E-state index in [4.69, 9.17) is 4.74 Å².